The summed E-state index contributed by atoms with van der Waals surface area (Å²) in [6.07, 6.45) is 5.58. The third-order valence-corrected chi connectivity index (χ3v) is 3.71. The van der Waals surface area contributed by atoms with Gasteiger partial charge in [0.15, 0.2) is 0 Å². The molecule has 0 aliphatic heterocycles. The summed E-state index contributed by atoms with van der Waals surface area (Å²) in [5.74, 6) is 0. The first-order valence-electron chi connectivity index (χ1n) is 6.06. The first kappa shape index (κ1) is 12.9. The van der Waals surface area contributed by atoms with E-state index in [-0.39, 0.29) is 11.6 Å². The molecule has 1 aliphatic rings. The van der Waals surface area contributed by atoms with Crippen LogP contribution in [0, 0.1) is 0 Å². The normalized spacial score (nSPS) is 23.0. The second-order valence-electron chi connectivity index (χ2n) is 4.73. The number of ether oxygens (including phenoxy) is 1. The van der Waals surface area contributed by atoms with E-state index < -0.39 is 0 Å². The van der Waals surface area contributed by atoms with Gasteiger partial charge in [-0.15, -0.1) is 0 Å². The molecule has 0 saturated heterocycles. The number of likely N-dealkylation sites (N-methyl/N-ethyl adjacent to an activating group) is 1. The Morgan fingerprint density at radius 2 is 1.87 bits per heavy atom. The Balaban J connectivity index is 2.62. The third-order valence-electron chi connectivity index (χ3n) is 3.71. The maximum absolute atomic E-state index is 10.3. The minimum atomic E-state index is -0.354. The average Bonchev–Trinajstić information content (AvgIpc) is 2.26. The van der Waals surface area contributed by atoms with Crippen LogP contribution < -0.4 is 0 Å². The van der Waals surface area contributed by atoms with Crippen molar-refractivity contribution in [1.82, 2.24) is 4.90 Å². The van der Waals surface area contributed by atoms with E-state index in [2.05, 4.69) is 19.0 Å². The molecule has 0 heterocycles. The molecular formula is C12H25NO2. The zero-order chi connectivity index (χ0) is 11.3. The van der Waals surface area contributed by atoms with E-state index >= 15 is 0 Å². The highest BCUT2D eigenvalue weighted by atomic mass is 16.5. The van der Waals surface area contributed by atoms with Crippen molar-refractivity contribution in [3.05, 3.63) is 0 Å². The molecule has 1 N–H and O–H groups in total. The van der Waals surface area contributed by atoms with Crippen LogP contribution in [0.1, 0.15) is 39.0 Å². The molecule has 3 nitrogen and oxygen atoms in total. The monoisotopic (exact) mass is 215 g/mol. The largest absolute Gasteiger partial charge is 0.389 e. The van der Waals surface area contributed by atoms with Gasteiger partial charge in [0.05, 0.1) is 12.7 Å². The lowest BCUT2D eigenvalue weighted by Gasteiger charge is -2.46. The van der Waals surface area contributed by atoms with Crippen molar-refractivity contribution < 1.29 is 9.84 Å². The Kier molecular flexibility index (Phi) is 5.03. The van der Waals surface area contributed by atoms with Crippen molar-refractivity contribution in [2.45, 2.75) is 50.7 Å². The van der Waals surface area contributed by atoms with Gasteiger partial charge in [-0.25, -0.2) is 0 Å². The van der Waals surface area contributed by atoms with Gasteiger partial charge in [-0.05, 0) is 33.9 Å². The van der Waals surface area contributed by atoms with Crippen LogP contribution in [0.4, 0.5) is 0 Å². The fraction of sp³-hybridized carbons (Fsp3) is 1.00. The molecule has 1 aliphatic carbocycles. The van der Waals surface area contributed by atoms with E-state index in [1.165, 1.54) is 19.3 Å². The fourth-order valence-electron chi connectivity index (χ4n) is 2.63. The molecule has 1 fully saturated rings. The second-order valence-corrected chi connectivity index (χ2v) is 4.73. The molecule has 0 aromatic carbocycles. The summed E-state index contributed by atoms with van der Waals surface area (Å²) in [6.45, 7) is 3.12. The summed E-state index contributed by atoms with van der Waals surface area (Å²) in [5.41, 5.74) is -0.0482. The average molecular weight is 215 g/mol. The molecule has 1 atom stereocenters. The second kappa shape index (κ2) is 5.83. The van der Waals surface area contributed by atoms with Crippen molar-refractivity contribution >= 4 is 0 Å². The molecule has 0 aromatic rings. The number of nitrogens with zero attached hydrogens (tertiary/aromatic N) is 1. The SMILES string of the molecule is CCOCC(O)C1(N(C)C)CCCCC1. The van der Waals surface area contributed by atoms with Crippen molar-refractivity contribution in [2.75, 3.05) is 27.3 Å². The van der Waals surface area contributed by atoms with Crippen LogP contribution in [0.25, 0.3) is 0 Å². The fourth-order valence-corrected chi connectivity index (χ4v) is 2.63. The van der Waals surface area contributed by atoms with Crippen LogP contribution in [-0.2, 0) is 4.74 Å². The first-order chi connectivity index (χ1) is 7.13. The number of aliphatic hydroxyl groups excluding tert-OH is 1. The van der Waals surface area contributed by atoms with Gasteiger partial charge >= 0.3 is 0 Å². The minimum Gasteiger partial charge on any atom is -0.389 e. The molecule has 1 rings (SSSR count). The summed E-state index contributed by atoms with van der Waals surface area (Å²) in [7, 11) is 4.14. The molecule has 1 saturated carbocycles. The van der Waals surface area contributed by atoms with E-state index in [9.17, 15) is 5.11 Å². The Bertz CT molecular complexity index is 176. The summed E-state index contributed by atoms with van der Waals surface area (Å²) in [6, 6.07) is 0. The predicted octanol–water partition coefficient (Wildman–Crippen LogP) is 1.65. The zero-order valence-corrected chi connectivity index (χ0v) is 10.3. The van der Waals surface area contributed by atoms with Crippen LogP contribution in [0.2, 0.25) is 0 Å². The van der Waals surface area contributed by atoms with Gasteiger partial charge in [-0.3, -0.25) is 0 Å². The van der Waals surface area contributed by atoms with Gasteiger partial charge in [0, 0.05) is 12.1 Å². The highest BCUT2D eigenvalue weighted by Gasteiger charge is 2.40. The Hall–Kier alpha value is -0.120. The lowest BCUT2D eigenvalue weighted by molar-refractivity contribution is -0.0718. The van der Waals surface area contributed by atoms with Crippen molar-refractivity contribution in [2.24, 2.45) is 0 Å². The molecule has 90 valence electrons. The van der Waals surface area contributed by atoms with Gasteiger partial charge in [0.1, 0.15) is 0 Å². The smallest absolute Gasteiger partial charge is 0.0956 e. The minimum absolute atomic E-state index is 0.0482. The lowest BCUT2D eigenvalue weighted by Crippen LogP contribution is -2.56. The summed E-state index contributed by atoms with van der Waals surface area (Å²) in [5, 5.41) is 10.3. The molecule has 15 heavy (non-hydrogen) atoms. The molecule has 0 bridgehead atoms. The van der Waals surface area contributed by atoms with Gasteiger partial charge in [-0.1, -0.05) is 19.3 Å². The highest BCUT2D eigenvalue weighted by Crippen LogP contribution is 2.35. The van der Waals surface area contributed by atoms with Crippen molar-refractivity contribution in [3.63, 3.8) is 0 Å². The molecular weight excluding hydrogens is 190 g/mol. The molecule has 1 unspecified atom stereocenters. The summed E-state index contributed by atoms with van der Waals surface area (Å²) < 4.78 is 5.35. The van der Waals surface area contributed by atoms with Gasteiger partial charge in [0.25, 0.3) is 0 Å². The van der Waals surface area contributed by atoms with Crippen LogP contribution in [0.3, 0.4) is 0 Å². The topological polar surface area (TPSA) is 32.7 Å². The summed E-state index contributed by atoms with van der Waals surface area (Å²) >= 11 is 0. The van der Waals surface area contributed by atoms with Crippen LogP contribution in [-0.4, -0.2) is 49.0 Å². The molecule has 0 aromatic heterocycles. The van der Waals surface area contributed by atoms with Crippen LogP contribution in [0.5, 0.6) is 0 Å². The van der Waals surface area contributed by atoms with Gasteiger partial charge in [-0.2, -0.15) is 0 Å². The lowest BCUT2D eigenvalue weighted by atomic mass is 9.77. The Labute approximate surface area is 93.4 Å². The van der Waals surface area contributed by atoms with Crippen LogP contribution in [0.15, 0.2) is 0 Å². The van der Waals surface area contributed by atoms with E-state index in [4.69, 9.17) is 4.74 Å². The molecule has 0 amide bonds. The summed E-state index contributed by atoms with van der Waals surface area (Å²) in [4.78, 5) is 2.19. The van der Waals surface area contributed by atoms with E-state index in [0.717, 1.165) is 12.8 Å². The third kappa shape index (κ3) is 2.92. The molecule has 3 heteroatoms. The first-order valence-corrected chi connectivity index (χ1v) is 6.06. The number of hydrogen-bond acceptors (Lipinski definition) is 3. The number of aliphatic hydroxyl groups is 1. The van der Waals surface area contributed by atoms with E-state index in [0.29, 0.717) is 13.2 Å². The Morgan fingerprint density at radius 3 is 2.33 bits per heavy atom. The van der Waals surface area contributed by atoms with Crippen molar-refractivity contribution in [1.29, 1.82) is 0 Å². The van der Waals surface area contributed by atoms with Gasteiger partial charge in [0.2, 0.25) is 0 Å². The molecule has 0 spiro atoms. The maximum Gasteiger partial charge on any atom is 0.0956 e. The quantitative estimate of drug-likeness (QED) is 0.757. The maximum atomic E-state index is 10.3. The number of hydrogen-bond donors (Lipinski definition) is 1. The van der Waals surface area contributed by atoms with Crippen LogP contribution >= 0.6 is 0 Å². The van der Waals surface area contributed by atoms with E-state index in [1.54, 1.807) is 0 Å². The number of rotatable bonds is 5. The standard InChI is InChI=1S/C12H25NO2/c1-4-15-10-11(14)12(13(2)3)8-6-5-7-9-12/h11,14H,4-10H2,1-3H3. The Morgan fingerprint density at radius 1 is 1.27 bits per heavy atom. The van der Waals surface area contributed by atoms with Crippen molar-refractivity contribution in [3.8, 4) is 0 Å². The van der Waals surface area contributed by atoms with E-state index in [1.807, 2.05) is 6.92 Å². The predicted molar refractivity (Wildman–Crippen MR) is 62.0 cm³/mol. The highest BCUT2D eigenvalue weighted by molar-refractivity contribution is 4.96. The van der Waals surface area contributed by atoms with Gasteiger partial charge < -0.3 is 14.7 Å². The zero-order valence-electron chi connectivity index (χ0n) is 10.3. The molecule has 0 radical (unpaired) electrons.